The number of nitrogens with one attached hydrogen (secondary N) is 3. The topological polar surface area (TPSA) is 79.5 Å². The first-order chi connectivity index (χ1) is 15.0. The fourth-order valence-corrected chi connectivity index (χ4v) is 4.72. The molecule has 3 rings (SSSR count). The van der Waals surface area contributed by atoms with Crippen LogP contribution in [-0.4, -0.2) is 26.9 Å². The van der Waals surface area contributed by atoms with Crippen LogP contribution in [0.1, 0.15) is 61.9 Å². The maximum Gasteiger partial charge on any atom is 0.229 e. The van der Waals surface area contributed by atoms with E-state index < -0.39 is 10.0 Å². The molecule has 1 unspecified atom stereocenters. The fraction of sp³-hybridized carbons (Fsp3) is 0.458. The van der Waals surface area contributed by atoms with Crippen LogP contribution in [0.5, 0.6) is 5.75 Å². The number of sulfonamides is 1. The minimum atomic E-state index is -3.39. The Morgan fingerprint density at radius 3 is 2.47 bits per heavy atom. The van der Waals surface area contributed by atoms with Gasteiger partial charge in [0.15, 0.2) is 5.11 Å². The van der Waals surface area contributed by atoms with Gasteiger partial charge < -0.3 is 15.4 Å². The van der Waals surface area contributed by atoms with Crippen molar-refractivity contribution in [2.45, 2.75) is 58.0 Å². The molecule has 3 N–H and O–H groups in total. The van der Waals surface area contributed by atoms with Crippen LogP contribution in [0.15, 0.2) is 36.4 Å². The molecule has 6 nitrogen and oxygen atoms in total. The maximum absolute atomic E-state index is 11.7. The summed E-state index contributed by atoms with van der Waals surface area (Å²) in [7, 11) is -1.85. The van der Waals surface area contributed by atoms with Crippen molar-refractivity contribution in [3.63, 3.8) is 0 Å². The lowest BCUT2D eigenvalue weighted by molar-refractivity contribution is 0.413. The molecule has 0 bridgehead atoms. The summed E-state index contributed by atoms with van der Waals surface area (Å²) in [6, 6.07) is 12.4. The van der Waals surface area contributed by atoms with Crippen molar-refractivity contribution in [1.82, 2.24) is 10.6 Å². The molecule has 0 fully saturated rings. The molecule has 0 heterocycles. The molecular weight excluding hydrogens is 442 g/mol. The van der Waals surface area contributed by atoms with E-state index in [-0.39, 0.29) is 11.5 Å². The van der Waals surface area contributed by atoms with Crippen LogP contribution in [0.3, 0.4) is 0 Å². The van der Waals surface area contributed by atoms with Gasteiger partial charge in [0.25, 0.3) is 0 Å². The standard InChI is InChI=1S/C24H33N3O3S2/c1-24(2,3)18-11-9-16(10-12-18)15-25-23(31)26-20-8-6-7-17-13-21(27-32(5,28)29)22(30-4)14-19(17)20/h9-14,20,27H,6-8,15H2,1-5H3,(H2,25,26,31). The summed E-state index contributed by atoms with van der Waals surface area (Å²) in [6.07, 6.45) is 3.95. The highest BCUT2D eigenvalue weighted by molar-refractivity contribution is 7.92. The van der Waals surface area contributed by atoms with E-state index in [1.807, 2.05) is 12.1 Å². The Balaban J connectivity index is 1.68. The highest BCUT2D eigenvalue weighted by atomic mass is 32.2. The van der Waals surface area contributed by atoms with Gasteiger partial charge in [-0.3, -0.25) is 4.72 Å². The molecule has 174 valence electrons. The molecule has 1 aliphatic rings. The quantitative estimate of drug-likeness (QED) is 0.537. The summed E-state index contributed by atoms with van der Waals surface area (Å²) >= 11 is 5.56. The van der Waals surface area contributed by atoms with E-state index in [1.54, 1.807) is 0 Å². The monoisotopic (exact) mass is 475 g/mol. The number of thiocarbonyl (C=S) groups is 1. The third-order valence-electron chi connectivity index (χ3n) is 5.65. The first-order valence-corrected chi connectivity index (χ1v) is 13.1. The molecule has 2 aromatic rings. The van der Waals surface area contributed by atoms with Gasteiger partial charge in [0.1, 0.15) is 5.75 Å². The Morgan fingerprint density at radius 2 is 1.88 bits per heavy atom. The molecule has 0 aromatic heterocycles. The van der Waals surface area contributed by atoms with Crippen molar-refractivity contribution in [2.75, 3.05) is 18.1 Å². The van der Waals surface area contributed by atoms with Gasteiger partial charge in [0, 0.05) is 6.54 Å². The van der Waals surface area contributed by atoms with Gasteiger partial charge in [0.05, 0.1) is 25.1 Å². The van der Waals surface area contributed by atoms with Crippen LogP contribution < -0.4 is 20.1 Å². The van der Waals surface area contributed by atoms with E-state index >= 15 is 0 Å². The predicted octanol–water partition coefficient (Wildman–Crippen LogP) is 4.41. The minimum absolute atomic E-state index is 0.0446. The van der Waals surface area contributed by atoms with Gasteiger partial charge in [-0.15, -0.1) is 0 Å². The average molecular weight is 476 g/mol. The Labute approximate surface area is 197 Å². The number of fused-ring (bicyclic) bond motifs is 1. The summed E-state index contributed by atoms with van der Waals surface area (Å²) in [4.78, 5) is 0. The molecule has 2 aromatic carbocycles. The van der Waals surface area contributed by atoms with Crippen molar-refractivity contribution in [1.29, 1.82) is 0 Å². The molecule has 1 aliphatic carbocycles. The van der Waals surface area contributed by atoms with E-state index in [0.717, 1.165) is 36.6 Å². The highest BCUT2D eigenvalue weighted by Crippen LogP contribution is 2.37. The summed E-state index contributed by atoms with van der Waals surface area (Å²) < 4.78 is 31.4. The van der Waals surface area contributed by atoms with Crippen LogP contribution >= 0.6 is 12.2 Å². The Kier molecular flexibility index (Phi) is 7.35. The van der Waals surface area contributed by atoms with Crippen LogP contribution in [0.4, 0.5) is 5.69 Å². The second-order valence-corrected chi connectivity index (χ2v) is 11.5. The molecule has 8 heteroatoms. The first-order valence-electron chi connectivity index (χ1n) is 10.8. The van der Waals surface area contributed by atoms with Crippen LogP contribution in [-0.2, 0) is 28.4 Å². The zero-order valence-corrected chi connectivity index (χ0v) is 21.0. The van der Waals surface area contributed by atoms with Crippen molar-refractivity contribution >= 4 is 33.0 Å². The zero-order valence-electron chi connectivity index (χ0n) is 19.4. The normalized spacial score (nSPS) is 16.1. The number of methoxy groups -OCH3 is 1. The number of benzene rings is 2. The fourth-order valence-electron chi connectivity index (χ4n) is 3.95. The lowest BCUT2D eigenvalue weighted by Gasteiger charge is -2.29. The maximum atomic E-state index is 11.7. The lowest BCUT2D eigenvalue weighted by atomic mass is 9.87. The summed E-state index contributed by atoms with van der Waals surface area (Å²) in [6.45, 7) is 7.26. The molecular formula is C24H33N3O3S2. The van der Waals surface area contributed by atoms with E-state index in [1.165, 1.54) is 18.2 Å². The Bertz CT molecular complexity index is 1070. The molecule has 0 spiro atoms. The van der Waals surface area contributed by atoms with Gasteiger partial charge in [-0.2, -0.15) is 0 Å². The molecule has 0 radical (unpaired) electrons. The van der Waals surface area contributed by atoms with Crippen LogP contribution in [0.2, 0.25) is 0 Å². The molecule has 0 aliphatic heterocycles. The van der Waals surface area contributed by atoms with Gasteiger partial charge in [0.2, 0.25) is 10.0 Å². The van der Waals surface area contributed by atoms with Crippen molar-refractivity contribution in [2.24, 2.45) is 0 Å². The second kappa shape index (κ2) is 9.67. The van der Waals surface area contributed by atoms with Gasteiger partial charge in [-0.25, -0.2) is 8.42 Å². The average Bonchev–Trinajstić information content (AvgIpc) is 2.70. The molecule has 0 saturated heterocycles. The van der Waals surface area contributed by atoms with Crippen molar-refractivity contribution < 1.29 is 13.2 Å². The summed E-state index contributed by atoms with van der Waals surface area (Å²) in [5, 5.41) is 7.33. The Hall–Kier alpha value is -2.32. The second-order valence-electron chi connectivity index (χ2n) is 9.34. The number of anilines is 1. The van der Waals surface area contributed by atoms with Crippen molar-refractivity contribution in [3.8, 4) is 5.75 Å². The number of rotatable bonds is 6. The van der Waals surface area contributed by atoms with E-state index in [0.29, 0.717) is 23.1 Å². The molecule has 0 saturated carbocycles. The first kappa shape index (κ1) is 24.3. The van der Waals surface area contributed by atoms with Crippen LogP contribution in [0, 0.1) is 0 Å². The highest BCUT2D eigenvalue weighted by Gasteiger charge is 2.24. The Morgan fingerprint density at radius 1 is 1.19 bits per heavy atom. The molecule has 1 atom stereocenters. The lowest BCUT2D eigenvalue weighted by Crippen LogP contribution is -2.38. The van der Waals surface area contributed by atoms with E-state index in [4.69, 9.17) is 17.0 Å². The smallest absolute Gasteiger partial charge is 0.229 e. The third-order valence-corrected chi connectivity index (χ3v) is 6.50. The summed E-state index contributed by atoms with van der Waals surface area (Å²) in [5.74, 6) is 0.501. The van der Waals surface area contributed by atoms with E-state index in [9.17, 15) is 8.42 Å². The molecule has 0 amide bonds. The zero-order chi connectivity index (χ0) is 23.5. The van der Waals surface area contributed by atoms with Gasteiger partial charge in [-0.05, 0) is 71.3 Å². The number of ether oxygens (including phenoxy) is 1. The van der Waals surface area contributed by atoms with Crippen molar-refractivity contribution in [3.05, 3.63) is 58.7 Å². The van der Waals surface area contributed by atoms with Gasteiger partial charge >= 0.3 is 0 Å². The minimum Gasteiger partial charge on any atom is -0.495 e. The SMILES string of the molecule is COc1cc2c(cc1NS(C)(=O)=O)CCCC2NC(=S)NCc1ccc(C(C)(C)C)cc1. The number of aryl methyl sites for hydroxylation is 1. The summed E-state index contributed by atoms with van der Waals surface area (Å²) in [5.41, 5.74) is 5.26. The number of hydrogen-bond acceptors (Lipinski definition) is 4. The predicted molar refractivity (Wildman–Crippen MR) is 135 cm³/mol. The van der Waals surface area contributed by atoms with E-state index in [2.05, 4.69) is 60.4 Å². The number of hydrogen-bond donors (Lipinski definition) is 3. The third kappa shape index (κ3) is 6.36. The molecule has 32 heavy (non-hydrogen) atoms. The van der Waals surface area contributed by atoms with Crippen LogP contribution in [0.25, 0.3) is 0 Å². The van der Waals surface area contributed by atoms with Gasteiger partial charge in [-0.1, -0.05) is 45.0 Å². The largest absolute Gasteiger partial charge is 0.495 e.